The molecule has 1 aromatic carbocycles. The van der Waals surface area contributed by atoms with Crippen molar-refractivity contribution >= 4 is 22.8 Å². The first-order valence-electron chi connectivity index (χ1n) is 7.69. The van der Waals surface area contributed by atoms with Gasteiger partial charge >= 0.3 is 0 Å². The highest BCUT2D eigenvalue weighted by Crippen LogP contribution is 2.26. The number of thioether (sulfide) groups is 1. The van der Waals surface area contributed by atoms with Gasteiger partial charge in [0.2, 0.25) is 5.91 Å². The van der Waals surface area contributed by atoms with Crippen LogP contribution in [0.4, 0.5) is 0 Å². The Labute approximate surface area is 135 Å². The van der Waals surface area contributed by atoms with Crippen molar-refractivity contribution in [3.05, 3.63) is 35.9 Å². The van der Waals surface area contributed by atoms with Crippen molar-refractivity contribution in [2.45, 2.75) is 18.2 Å². The van der Waals surface area contributed by atoms with Crippen LogP contribution in [0.5, 0.6) is 0 Å². The van der Waals surface area contributed by atoms with E-state index in [9.17, 15) is 4.79 Å². The van der Waals surface area contributed by atoms with E-state index in [4.69, 9.17) is 5.73 Å². The third kappa shape index (κ3) is 3.28. The molecule has 2 N–H and O–H groups in total. The second kappa shape index (κ2) is 6.71. The van der Waals surface area contributed by atoms with E-state index in [1.165, 1.54) is 0 Å². The van der Waals surface area contributed by atoms with Crippen LogP contribution in [-0.2, 0) is 4.79 Å². The van der Waals surface area contributed by atoms with Crippen LogP contribution in [-0.4, -0.2) is 58.8 Å². The molecule has 5 nitrogen and oxygen atoms in total. The van der Waals surface area contributed by atoms with E-state index < -0.39 is 0 Å². The molecule has 0 aromatic heterocycles. The molecule has 2 aliphatic heterocycles. The molecule has 1 aromatic rings. The predicted octanol–water partition coefficient (Wildman–Crippen LogP) is 1.32. The van der Waals surface area contributed by atoms with Crippen molar-refractivity contribution in [1.29, 1.82) is 0 Å². The van der Waals surface area contributed by atoms with Crippen LogP contribution in [0.25, 0.3) is 0 Å². The van der Waals surface area contributed by atoms with E-state index in [0.29, 0.717) is 5.25 Å². The van der Waals surface area contributed by atoms with Crippen molar-refractivity contribution in [3.8, 4) is 0 Å². The summed E-state index contributed by atoms with van der Waals surface area (Å²) >= 11 is 1.85. The summed E-state index contributed by atoms with van der Waals surface area (Å²) in [7, 11) is 0. The van der Waals surface area contributed by atoms with Crippen LogP contribution in [0.1, 0.15) is 18.5 Å². The summed E-state index contributed by atoms with van der Waals surface area (Å²) in [4.78, 5) is 21.0. The number of carbonyl (C=O) groups excluding carboxylic acids is 1. The quantitative estimate of drug-likeness (QED) is 0.913. The first-order valence-corrected chi connectivity index (χ1v) is 8.57. The lowest BCUT2D eigenvalue weighted by atomic mass is 10.0. The number of primary amides is 1. The normalized spacial score (nSPS) is 24.1. The zero-order valence-electron chi connectivity index (χ0n) is 12.8. The number of aliphatic imine (C=N–C) groups is 1. The second-order valence-corrected chi connectivity index (χ2v) is 7.20. The summed E-state index contributed by atoms with van der Waals surface area (Å²) in [5, 5.41) is 1.73. The van der Waals surface area contributed by atoms with Gasteiger partial charge in [0.05, 0.1) is 6.54 Å². The molecular weight excluding hydrogens is 296 g/mol. The Morgan fingerprint density at radius 3 is 2.50 bits per heavy atom. The maximum absolute atomic E-state index is 11.9. The van der Waals surface area contributed by atoms with Gasteiger partial charge in [0.15, 0.2) is 5.17 Å². The highest BCUT2D eigenvalue weighted by molar-refractivity contribution is 8.14. The first kappa shape index (κ1) is 15.4. The van der Waals surface area contributed by atoms with Gasteiger partial charge in [-0.1, -0.05) is 49.0 Å². The lowest BCUT2D eigenvalue weighted by Gasteiger charge is -2.38. The minimum Gasteiger partial charge on any atom is -0.368 e. The molecule has 1 fully saturated rings. The monoisotopic (exact) mass is 318 g/mol. The van der Waals surface area contributed by atoms with Crippen molar-refractivity contribution in [3.63, 3.8) is 0 Å². The van der Waals surface area contributed by atoms with E-state index in [1.807, 2.05) is 42.1 Å². The molecule has 2 atom stereocenters. The molecule has 0 spiro atoms. The number of carbonyl (C=O) groups is 1. The molecule has 6 heteroatoms. The summed E-state index contributed by atoms with van der Waals surface area (Å²) in [6.45, 7) is 6.57. The largest absolute Gasteiger partial charge is 0.368 e. The van der Waals surface area contributed by atoms with Gasteiger partial charge in [-0.15, -0.1) is 0 Å². The zero-order valence-corrected chi connectivity index (χ0v) is 13.6. The van der Waals surface area contributed by atoms with Crippen LogP contribution in [0.15, 0.2) is 35.3 Å². The van der Waals surface area contributed by atoms with Gasteiger partial charge in [-0.3, -0.25) is 14.7 Å². The fourth-order valence-corrected chi connectivity index (χ4v) is 3.99. The smallest absolute Gasteiger partial charge is 0.239 e. The van der Waals surface area contributed by atoms with Crippen LogP contribution in [0.2, 0.25) is 0 Å². The number of nitrogens with two attached hydrogens (primary N) is 1. The molecule has 0 unspecified atom stereocenters. The maximum atomic E-state index is 11.9. The highest BCUT2D eigenvalue weighted by atomic mass is 32.2. The number of benzene rings is 1. The average molecular weight is 318 g/mol. The van der Waals surface area contributed by atoms with Gasteiger partial charge in [-0.25, -0.2) is 0 Å². The van der Waals surface area contributed by atoms with Gasteiger partial charge in [-0.05, 0) is 5.56 Å². The maximum Gasteiger partial charge on any atom is 0.239 e. The molecular formula is C16H22N4OS. The van der Waals surface area contributed by atoms with Crippen molar-refractivity contribution in [1.82, 2.24) is 9.80 Å². The zero-order chi connectivity index (χ0) is 15.5. The molecule has 1 saturated heterocycles. The number of rotatable bonds is 3. The molecule has 2 aliphatic rings. The average Bonchev–Trinajstić information content (AvgIpc) is 2.95. The Balaban J connectivity index is 1.65. The van der Waals surface area contributed by atoms with Gasteiger partial charge in [0, 0.05) is 31.4 Å². The highest BCUT2D eigenvalue weighted by Gasteiger charge is 2.31. The number of hydrogen-bond donors (Lipinski definition) is 1. The second-order valence-electron chi connectivity index (χ2n) is 5.79. The van der Waals surface area contributed by atoms with E-state index in [-0.39, 0.29) is 11.9 Å². The number of piperazine rings is 1. The van der Waals surface area contributed by atoms with Crippen LogP contribution >= 0.6 is 11.8 Å². The molecule has 1 amide bonds. The summed E-state index contributed by atoms with van der Waals surface area (Å²) in [5.41, 5.74) is 6.63. The molecule has 3 rings (SSSR count). The Hall–Kier alpha value is -1.53. The fourth-order valence-electron chi connectivity index (χ4n) is 3.00. The summed E-state index contributed by atoms with van der Waals surface area (Å²) in [6.07, 6.45) is 0. The molecule has 2 heterocycles. The number of nitrogens with zero attached hydrogens (tertiary/aromatic N) is 3. The molecule has 0 saturated carbocycles. The summed E-state index contributed by atoms with van der Waals surface area (Å²) in [5.74, 6) is -0.277. The van der Waals surface area contributed by atoms with Crippen molar-refractivity contribution < 1.29 is 4.79 Å². The molecule has 0 bridgehead atoms. The van der Waals surface area contributed by atoms with E-state index in [1.54, 1.807) is 0 Å². The lowest BCUT2D eigenvalue weighted by molar-refractivity contribution is -0.124. The Morgan fingerprint density at radius 2 is 1.95 bits per heavy atom. The van der Waals surface area contributed by atoms with Crippen LogP contribution in [0, 0.1) is 0 Å². The minimum absolute atomic E-state index is 0.277. The number of amides is 1. The third-order valence-corrected chi connectivity index (χ3v) is 5.27. The van der Waals surface area contributed by atoms with Crippen LogP contribution in [0.3, 0.4) is 0 Å². The standard InChI is InChI=1S/C16H22N4OS/c1-12-11-18-16(22-12)20-9-7-19(8-10-20)14(15(17)21)13-5-3-2-4-6-13/h2-6,12,14H,7-11H2,1H3,(H2,17,21)/t12-,14-/m0/s1. The van der Waals surface area contributed by atoms with Gasteiger partial charge in [0.1, 0.15) is 6.04 Å². The van der Waals surface area contributed by atoms with E-state index in [2.05, 4.69) is 21.7 Å². The Kier molecular flexibility index (Phi) is 4.69. The lowest BCUT2D eigenvalue weighted by Crippen LogP contribution is -2.51. The van der Waals surface area contributed by atoms with E-state index >= 15 is 0 Å². The first-order chi connectivity index (χ1) is 10.6. The van der Waals surface area contributed by atoms with Gasteiger partial charge in [-0.2, -0.15) is 0 Å². The fraction of sp³-hybridized carbons (Fsp3) is 0.500. The van der Waals surface area contributed by atoms with Gasteiger partial charge in [0.25, 0.3) is 0 Å². The summed E-state index contributed by atoms with van der Waals surface area (Å²) in [6, 6.07) is 9.47. The van der Waals surface area contributed by atoms with Crippen LogP contribution < -0.4 is 5.73 Å². The molecule has 0 radical (unpaired) electrons. The van der Waals surface area contributed by atoms with Crippen molar-refractivity contribution in [2.75, 3.05) is 32.7 Å². The van der Waals surface area contributed by atoms with Gasteiger partial charge < -0.3 is 10.6 Å². The topological polar surface area (TPSA) is 61.9 Å². The van der Waals surface area contributed by atoms with E-state index in [0.717, 1.165) is 43.5 Å². The molecule has 0 aliphatic carbocycles. The Morgan fingerprint density at radius 1 is 1.27 bits per heavy atom. The SMILES string of the molecule is C[C@H]1CN=C(N2CCN([C@H](C(N)=O)c3ccccc3)CC2)S1. The van der Waals surface area contributed by atoms with Crippen molar-refractivity contribution in [2.24, 2.45) is 10.7 Å². The molecule has 118 valence electrons. The molecule has 22 heavy (non-hydrogen) atoms. The third-order valence-electron chi connectivity index (χ3n) is 4.12. The Bertz CT molecular complexity index is 555. The summed E-state index contributed by atoms with van der Waals surface area (Å²) < 4.78 is 0. The number of hydrogen-bond acceptors (Lipinski definition) is 5. The number of amidine groups is 1. The minimum atomic E-state index is -0.333. The predicted molar refractivity (Wildman–Crippen MR) is 90.9 cm³/mol.